The van der Waals surface area contributed by atoms with Crippen LogP contribution in [0.25, 0.3) is 0 Å². The Kier molecular flexibility index (Phi) is 4.70. The summed E-state index contributed by atoms with van der Waals surface area (Å²) in [6.45, 7) is 9.99. The quantitative estimate of drug-likeness (QED) is 0.732. The Morgan fingerprint density at radius 2 is 1.82 bits per heavy atom. The fourth-order valence-electron chi connectivity index (χ4n) is 4.72. The Balaban J connectivity index is 1.57. The number of morpholine rings is 1. The van der Waals surface area contributed by atoms with Crippen LogP contribution in [-0.2, 0) is 9.53 Å². The summed E-state index contributed by atoms with van der Waals surface area (Å²) in [7, 11) is 0. The molecule has 3 aliphatic rings. The van der Waals surface area contributed by atoms with Gasteiger partial charge in [-0.25, -0.2) is 4.39 Å². The van der Waals surface area contributed by atoms with Crippen LogP contribution in [0.1, 0.15) is 31.1 Å². The molecule has 0 N–H and O–H groups in total. The maximum Gasteiger partial charge on any atom is 0.256 e. The molecule has 1 atom stereocenters. The summed E-state index contributed by atoms with van der Waals surface area (Å²) < 4.78 is 19.8. The highest BCUT2D eigenvalue weighted by atomic mass is 19.1. The van der Waals surface area contributed by atoms with Crippen molar-refractivity contribution in [2.45, 2.75) is 32.4 Å². The lowest BCUT2D eigenvalue weighted by atomic mass is 9.80. The van der Waals surface area contributed by atoms with Crippen LogP contribution in [0.3, 0.4) is 0 Å². The molecule has 3 saturated heterocycles. The Bertz CT molecular complexity index is 785. The molecule has 0 aromatic heterocycles. The molecule has 4 rings (SSSR count). The van der Waals surface area contributed by atoms with E-state index in [1.54, 1.807) is 17.0 Å². The fourth-order valence-corrected chi connectivity index (χ4v) is 4.72. The summed E-state index contributed by atoms with van der Waals surface area (Å²) in [6.07, 6.45) is 0. The summed E-state index contributed by atoms with van der Waals surface area (Å²) in [6, 6.07) is 6.19. The van der Waals surface area contributed by atoms with E-state index in [1.807, 2.05) is 25.7 Å². The van der Waals surface area contributed by atoms with Crippen molar-refractivity contribution in [1.82, 2.24) is 14.7 Å². The second kappa shape index (κ2) is 6.81. The van der Waals surface area contributed by atoms with Gasteiger partial charge in [-0.1, -0.05) is 32.9 Å². The summed E-state index contributed by atoms with van der Waals surface area (Å²) in [5.41, 5.74) is -0.595. The van der Waals surface area contributed by atoms with Gasteiger partial charge < -0.3 is 14.5 Å². The summed E-state index contributed by atoms with van der Waals surface area (Å²) in [5.74, 6) is -0.661. The molecule has 28 heavy (non-hydrogen) atoms. The third kappa shape index (κ3) is 3.20. The third-order valence-corrected chi connectivity index (χ3v) is 6.04. The van der Waals surface area contributed by atoms with Gasteiger partial charge >= 0.3 is 0 Å². The van der Waals surface area contributed by atoms with Gasteiger partial charge in [0.05, 0.1) is 30.4 Å². The van der Waals surface area contributed by atoms with Gasteiger partial charge in [-0.2, -0.15) is 0 Å². The number of carbonyl (C=O) groups is 2. The van der Waals surface area contributed by atoms with Crippen LogP contribution in [0.4, 0.5) is 4.39 Å². The molecule has 1 spiro atoms. The average Bonchev–Trinajstić information content (AvgIpc) is 2.63. The Morgan fingerprint density at radius 1 is 1.14 bits per heavy atom. The average molecular weight is 389 g/mol. The second-order valence-corrected chi connectivity index (χ2v) is 9.22. The van der Waals surface area contributed by atoms with Crippen LogP contribution >= 0.6 is 0 Å². The van der Waals surface area contributed by atoms with Gasteiger partial charge in [0, 0.05) is 38.1 Å². The molecule has 3 aliphatic heterocycles. The van der Waals surface area contributed by atoms with Crippen molar-refractivity contribution in [2.24, 2.45) is 5.41 Å². The van der Waals surface area contributed by atoms with E-state index in [9.17, 15) is 14.0 Å². The molecule has 0 unspecified atom stereocenters. The highest BCUT2D eigenvalue weighted by Crippen LogP contribution is 2.38. The number of hydrogen-bond acceptors (Lipinski definition) is 4. The van der Waals surface area contributed by atoms with E-state index < -0.39 is 11.2 Å². The smallest absolute Gasteiger partial charge is 0.256 e. The van der Waals surface area contributed by atoms with E-state index in [-0.39, 0.29) is 29.0 Å². The molecule has 2 amide bonds. The molecule has 6 nitrogen and oxygen atoms in total. The van der Waals surface area contributed by atoms with E-state index in [4.69, 9.17) is 4.74 Å². The SMILES string of the molecule is CC(C)(C)C(=O)N1CC2(CN(C(=O)c3ccccc3F)C[C@@H]3COCCN32)C1. The number of piperazine rings is 1. The molecule has 1 aromatic rings. The number of likely N-dealkylation sites (tertiary alicyclic amines) is 1. The largest absolute Gasteiger partial charge is 0.378 e. The molecule has 0 bridgehead atoms. The van der Waals surface area contributed by atoms with Crippen LogP contribution in [0, 0.1) is 11.2 Å². The molecule has 3 heterocycles. The first-order valence-electron chi connectivity index (χ1n) is 9.89. The number of halogens is 1. The number of carbonyl (C=O) groups excluding carboxylic acids is 2. The third-order valence-electron chi connectivity index (χ3n) is 6.04. The van der Waals surface area contributed by atoms with Crippen molar-refractivity contribution in [2.75, 3.05) is 45.9 Å². The Labute approximate surface area is 165 Å². The normalized spacial score (nSPS) is 24.6. The monoisotopic (exact) mass is 389 g/mol. The molecule has 0 aliphatic carbocycles. The lowest BCUT2D eigenvalue weighted by Gasteiger charge is -2.63. The van der Waals surface area contributed by atoms with Crippen molar-refractivity contribution >= 4 is 11.8 Å². The van der Waals surface area contributed by atoms with Gasteiger partial charge in [0.2, 0.25) is 5.91 Å². The predicted octanol–water partition coefficient (Wildman–Crippen LogP) is 1.61. The number of rotatable bonds is 1. The van der Waals surface area contributed by atoms with Crippen LogP contribution in [0.15, 0.2) is 24.3 Å². The van der Waals surface area contributed by atoms with Gasteiger partial charge in [-0.3, -0.25) is 14.5 Å². The van der Waals surface area contributed by atoms with E-state index in [1.165, 1.54) is 12.1 Å². The van der Waals surface area contributed by atoms with Crippen LogP contribution in [0.5, 0.6) is 0 Å². The summed E-state index contributed by atoms with van der Waals surface area (Å²) in [4.78, 5) is 31.7. The van der Waals surface area contributed by atoms with Gasteiger partial charge in [0.1, 0.15) is 5.82 Å². The molecular weight excluding hydrogens is 361 g/mol. The zero-order valence-corrected chi connectivity index (χ0v) is 16.8. The second-order valence-electron chi connectivity index (χ2n) is 9.22. The standard InChI is InChI=1S/C21H28FN3O3/c1-20(2,3)19(27)24-13-21(14-24)12-23(10-15-11-28-9-8-25(15)21)18(26)16-6-4-5-7-17(16)22/h4-7,15H,8-14H2,1-3H3/t15-/m1/s1. The number of fused-ring (bicyclic) bond motifs is 2. The predicted molar refractivity (Wildman–Crippen MR) is 102 cm³/mol. The van der Waals surface area contributed by atoms with Crippen molar-refractivity contribution in [3.05, 3.63) is 35.6 Å². The number of amides is 2. The van der Waals surface area contributed by atoms with Gasteiger partial charge in [-0.05, 0) is 12.1 Å². The Hall–Kier alpha value is -1.99. The number of ether oxygens (including phenoxy) is 1. The van der Waals surface area contributed by atoms with Gasteiger partial charge in [0.15, 0.2) is 0 Å². The van der Waals surface area contributed by atoms with Crippen LogP contribution in [0.2, 0.25) is 0 Å². The summed E-state index contributed by atoms with van der Waals surface area (Å²) in [5, 5.41) is 0. The zero-order chi connectivity index (χ0) is 20.1. The van der Waals surface area contributed by atoms with Gasteiger partial charge in [0.25, 0.3) is 5.91 Å². The van der Waals surface area contributed by atoms with Crippen LogP contribution in [-0.4, -0.2) is 84.0 Å². The first kappa shape index (κ1) is 19.3. The maximum atomic E-state index is 14.2. The molecule has 152 valence electrons. The molecular formula is C21H28FN3O3. The molecule has 0 radical (unpaired) electrons. The first-order valence-corrected chi connectivity index (χ1v) is 9.89. The molecule has 3 fully saturated rings. The molecule has 7 heteroatoms. The number of benzene rings is 1. The van der Waals surface area contributed by atoms with Gasteiger partial charge in [-0.15, -0.1) is 0 Å². The van der Waals surface area contributed by atoms with E-state index in [2.05, 4.69) is 4.90 Å². The van der Waals surface area contributed by atoms with Crippen molar-refractivity contribution in [3.63, 3.8) is 0 Å². The fraction of sp³-hybridized carbons (Fsp3) is 0.619. The van der Waals surface area contributed by atoms with E-state index in [0.29, 0.717) is 39.4 Å². The molecule has 1 aromatic carbocycles. The van der Waals surface area contributed by atoms with E-state index >= 15 is 0 Å². The minimum Gasteiger partial charge on any atom is -0.378 e. The minimum absolute atomic E-state index is 0.0742. The first-order chi connectivity index (χ1) is 13.2. The maximum absolute atomic E-state index is 14.2. The zero-order valence-electron chi connectivity index (χ0n) is 16.8. The Morgan fingerprint density at radius 3 is 2.50 bits per heavy atom. The minimum atomic E-state index is -0.498. The highest BCUT2D eigenvalue weighted by Gasteiger charge is 2.56. The number of nitrogens with zero attached hydrogens (tertiary/aromatic N) is 3. The van der Waals surface area contributed by atoms with Crippen molar-refractivity contribution in [1.29, 1.82) is 0 Å². The summed E-state index contributed by atoms with van der Waals surface area (Å²) >= 11 is 0. The van der Waals surface area contributed by atoms with Crippen molar-refractivity contribution in [3.8, 4) is 0 Å². The van der Waals surface area contributed by atoms with Crippen LogP contribution < -0.4 is 0 Å². The highest BCUT2D eigenvalue weighted by molar-refractivity contribution is 5.94. The lowest BCUT2D eigenvalue weighted by Crippen LogP contribution is -2.81. The van der Waals surface area contributed by atoms with E-state index in [0.717, 1.165) is 6.54 Å². The topological polar surface area (TPSA) is 53.1 Å². The lowest BCUT2D eigenvalue weighted by molar-refractivity contribution is -0.178. The molecule has 0 saturated carbocycles. The van der Waals surface area contributed by atoms with Crippen molar-refractivity contribution < 1.29 is 18.7 Å². The number of hydrogen-bond donors (Lipinski definition) is 0.